The van der Waals surface area contributed by atoms with Crippen LogP contribution in [0, 0.1) is 11.8 Å². The summed E-state index contributed by atoms with van der Waals surface area (Å²) in [5.74, 6) is 1.48. The topological polar surface area (TPSA) is 55.4 Å². The van der Waals surface area contributed by atoms with Gasteiger partial charge in [-0.05, 0) is 45.4 Å². The third-order valence-electron chi connectivity index (χ3n) is 3.05. The number of hydrogen-bond donors (Lipinski definition) is 1. The van der Waals surface area contributed by atoms with Crippen molar-refractivity contribution in [3.63, 3.8) is 0 Å². The maximum absolute atomic E-state index is 11.7. The Bertz CT molecular complexity index is 303. The van der Waals surface area contributed by atoms with Gasteiger partial charge in [0.1, 0.15) is 11.4 Å². The van der Waals surface area contributed by atoms with Gasteiger partial charge in [-0.1, -0.05) is 6.92 Å². The summed E-state index contributed by atoms with van der Waals surface area (Å²) in [7, 11) is 0. The quantitative estimate of drug-likeness (QED) is 0.794. The van der Waals surface area contributed by atoms with Crippen molar-refractivity contribution in [3.05, 3.63) is 0 Å². The van der Waals surface area contributed by atoms with E-state index in [4.69, 9.17) is 4.74 Å². The molecule has 1 unspecified atom stereocenters. The predicted octanol–water partition coefficient (Wildman–Crippen LogP) is 2.91. The number of amides is 1. The lowest BCUT2D eigenvalue weighted by atomic mass is 9.98. The Labute approximate surface area is 109 Å². The van der Waals surface area contributed by atoms with Crippen molar-refractivity contribution in [2.45, 2.75) is 59.0 Å². The summed E-state index contributed by atoms with van der Waals surface area (Å²) in [6.07, 6.45) is 3.12. The summed E-state index contributed by atoms with van der Waals surface area (Å²) in [6, 6.07) is 0. The molecule has 4 heteroatoms. The molecule has 1 rings (SSSR count). The van der Waals surface area contributed by atoms with Crippen LogP contribution in [-0.4, -0.2) is 24.0 Å². The molecule has 1 aliphatic carbocycles. The molecule has 1 saturated carbocycles. The fourth-order valence-electron chi connectivity index (χ4n) is 1.91. The molecule has 1 fully saturated rings. The number of carbonyl (C=O) groups excluding carboxylic acids is 2. The van der Waals surface area contributed by atoms with Crippen molar-refractivity contribution in [2.24, 2.45) is 11.8 Å². The van der Waals surface area contributed by atoms with E-state index in [1.54, 1.807) is 0 Å². The van der Waals surface area contributed by atoms with E-state index in [-0.39, 0.29) is 5.78 Å². The molecule has 0 aromatic rings. The van der Waals surface area contributed by atoms with Gasteiger partial charge in [0.25, 0.3) is 0 Å². The van der Waals surface area contributed by atoms with Crippen molar-refractivity contribution in [3.8, 4) is 0 Å². The maximum Gasteiger partial charge on any atom is 0.407 e. The van der Waals surface area contributed by atoms with Crippen molar-refractivity contribution in [1.82, 2.24) is 5.32 Å². The van der Waals surface area contributed by atoms with E-state index < -0.39 is 11.7 Å². The van der Waals surface area contributed by atoms with Gasteiger partial charge in [0.15, 0.2) is 0 Å². The standard InChI is InChI=1S/C14H25NO3/c1-10(11-5-6-11)9-12(16)7-8-15-13(17)18-14(2,3)4/h10-11H,5-9H2,1-4H3,(H,15,17). The Morgan fingerprint density at radius 2 is 1.94 bits per heavy atom. The minimum atomic E-state index is -0.491. The second kappa shape index (κ2) is 6.21. The van der Waals surface area contributed by atoms with Gasteiger partial charge in [-0.15, -0.1) is 0 Å². The molecule has 0 radical (unpaired) electrons. The van der Waals surface area contributed by atoms with Gasteiger partial charge in [-0.3, -0.25) is 4.79 Å². The van der Waals surface area contributed by atoms with Crippen LogP contribution < -0.4 is 5.32 Å². The number of ether oxygens (including phenoxy) is 1. The van der Waals surface area contributed by atoms with Crippen molar-refractivity contribution < 1.29 is 14.3 Å². The van der Waals surface area contributed by atoms with Crippen LogP contribution in [-0.2, 0) is 9.53 Å². The summed E-state index contributed by atoms with van der Waals surface area (Å²) >= 11 is 0. The molecule has 0 heterocycles. The first-order valence-electron chi connectivity index (χ1n) is 6.76. The molecule has 1 N–H and O–H groups in total. The minimum Gasteiger partial charge on any atom is -0.444 e. The second-order valence-corrected chi connectivity index (χ2v) is 6.24. The monoisotopic (exact) mass is 255 g/mol. The summed E-state index contributed by atoms with van der Waals surface area (Å²) in [5, 5.41) is 2.61. The molecule has 104 valence electrons. The number of alkyl carbamates (subject to hydrolysis) is 1. The Morgan fingerprint density at radius 1 is 1.33 bits per heavy atom. The van der Waals surface area contributed by atoms with E-state index in [0.29, 0.717) is 25.3 Å². The van der Waals surface area contributed by atoms with Crippen molar-refractivity contribution in [1.29, 1.82) is 0 Å². The summed E-state index contributed by atoms with van der Waals surface area (Å²) < 4.78 is 5.09. The zero-order valence-electron chi connectivity index (χ0n) is 11.9. The average Bonchev–Trinajstić information content (AvgIpc) is 2.96. The van der Waals surface area contributed by atoms with Gasteiger partial charge >= 0.3 is 6.09 Å². The number of carbonyl (C=O) groups is 2. The van der Waals surface area contributed by atoms with E-state index in [1.807, 2.05) is 20.8 Å². The van der Waals surface area contributed by atoms with Gasteiger partial charge in [0.2, 0.25) is 0 Å². The maximum atomic E-state index is 11.7. The number of Topliss-reactive ketones (excluding diaryl/α,β-unsaturated/α-hetero) is 1. The molecular weight excluding hydrogens is 230 g/mol. The fourth-order valence-corrected chi connectivity index (χ4v) is 1.91. The number of ketones is 1. The predicted molar refractivity (Wildman–Crippen MR) is 70.4 cm³/mol. The van der Waals surface area contributed by atoms with Crippen LogP contribution >= 0.6 is 0 Å². The zero-order chi connectivity index (χ0) is 13.8. The lowest BCUT2D eigenvalue weighted by Gasteiger charge is -2.19. The summed E-state index contributed by atoms with van der Waals surface area (Å²) in [4.78, 5) is 23.0. The highest BCUT2D eigenvalue weighted by Gasteiger charge is 2.28. The Morgan fingerprint density at radius 3 is 2.44 bits per heavy atom. The van der Waals surface area contributed by atoms with Crippen LogP contribution in [0.4, 0.5) is 4.79 Å². The molecule has 0 saturated heterocycles. The normalized spacial score (nSPS) is 17.1. The van der Waals surface area contributed by atoms with Crippen LogP contribution in [0.2, 0.25) is 0 Å². The smallest absolute Gasteiger partial charge is 0.407 e. The second-order valence-electron chi connectivity index (χ2n) is 6.24. The Balaban J connectivity index is 2.09. The SMILES string of the molecule is CC(CC(=O)CCNC(=O)OC(C)(C)C)C1CC1. The Kier molecular flexibility index (Phi) is 5.17. The van der Waals surface area contributed by atoms with E-state index in [2.05, 4.69) is 12.2 Å². The first-order valence-corrected chi connectivity index (χ1v) is 6.76. The highest BCUT2D eigenvalue weighted by atomic mass is 16.6. The van der Waals surface area contributed by atoms with Gasteiger partial charge in [0.05, 0.1) is 0 Å². The zero-order valence-corrected chi connectivity index (χ0v) is 11.9. The van der Waals surface area contributed by atoms with E-state index >= 15 is 0 Å². The molecule has 1 amide bonds. The van der Waals surface area contributed by atoms with Crippen molar-refractivity contribution >= 4 is 11.9 Å². The molecule has 1 aliphatic rings. The number of nitrogens with one attached hydrogen (secondary N) is 1. The Hall–Kier alpha value is -1.06. The number of rotatable bonds is 6. The summed E-state index contributed by atoms with van der Waals surface area (Å²) in [5.41, 5.74) is -0.491. The molecule has 0 spiro atoms. The average molecular weight is 255 g/mol. The van der Waals surface area contributed by atoms with E-state index in [1.165, 1.54) is 12.8 Å². The first kappa shape index (κ1) is 15.0. The first-order chi connectivity index (χ1) is 8.28. The van der Waals surface area contributed by atoms with Crippen LogP contribution in [0.3, 0.4) is 0 Å². The van der Waals surface area contributed by atoms with E-state index in [0.717, 1.165) is 5.92 Å². The number of hydrogen-bond acceptors (Lipinski definition) is 3. The lowest BCUT2D eigenvalue weighted by molar-refractivity contribution is -0.119. The fraction of sp³-hybridized carbons (Fsp3) is 0.857. The molecule has 0 bridgehead atoms. The van der Waals surface area contributed by atoms with Crippen LogP contribution in [0.15, 0.2) is 0 Å². The molecular formula is C14H25NO3. The lowest BCUT2D eigenvalue weighted by Crippen LogP contribution is -2.33. The molecule has 18 heavy (non-hydrogen) atoms. The minimum absolute atomic E-state index is 0.227. The molecule has 4 nitrogen and oxygen atoms in total. The highest BCUT2D eigenvalue weighted by Crippen LogP contribution is 2.38. The van der Waals surface area contributed by atoms with Gasteiger partial charge in [-0.2, -0.15) is 0 Å². The van der Waals surface area contributed by atoms with E-state index in [9.17, 15) is 9.59 Å². The van der Waals surface area contributed by atoms with Gasteiger partial charge in [0, 0.05) is 19.4 Å². The molecule has 1 atom stereocenters. The third-order valence-corrected chi connectivity index (χ3v) is 3.05. The highest BCUT2D eigenvalue weighted by molar-refractivity contribution is 5.79. The van der Waals surface area contributed by atoms with Crippen LogP contribution in [0.5, 0.6) is 0 Å². The molecule has 0 aromatic carbocycles. The largest absolute Gasteiger partial charge is 0.444 e. The molecule has 0 aliphatic heterocycles. The third kappa shape index (κ3) is 6.62. The van der Waals surface area contributed by atoms with Crippen LogP contribution in [0.1, 0.15) is 53.4 Å². The van der Waals surface area contributed by atoms with Crippen molar-refractivity contribution in [2.75, 3.05) is 6.54 Å². The van der Waals surface area contributed by atoms with Gasteiger partial charge < -0.3 is 10.1 Å². The van der Waals surface area contributed by atoms with Crippen LogP contribution in [0.25, 0.3) is 0 Å². The molecule has 0 aromatic heterocycles. The summed E-state index contributed by atoms with van der Waals surface area (Å²) in [6.45, 7) is 7.95. The van der Waals surface area contributed by atoms with Gasteiger partial charge in [-0.25, -0.2) is 4.79 Å².